The van der Waals surface area contributed by atoms with Crippen molar-refractivity contribution >= 4 is 72.2 Å². The van der Waals surface area contributed by atoms with Crippen LogP contribution in [0.2, 0.25) is 0 Å². The topological polar surface area (TPSA) is 636 Å². The summed E-state index contributed by atoms with van der Waals surface area (Å²) in [5, 5.41) is 226. The minimum Gasteiger partial charge on any atom is -0.394 e. The normalized spacial score (nSPS) is 41.5. The van der Waals surface area contributed by atoms with Gasteiger partial charge < -0.3 is 189 Å². The number of carbonyl (C=O) groups is 4. The van der Waals surface area contributed by atoms with Gasteiger partial charge in [0.2, 0.25) is 17.6 Å². The molecule has 628 valence electrons. The summed E-state index contributed by atoms with van der Waals surface area (Å²) in [4.78, 5) is 51.2. The van der Waals surface area contributed by atoms with Crippen LogP contribution in [0.3, 0.4) is 0 Å². The maximum absolute atomic E-state index is 13.6. The van der Waals surface area contributed by atoms with Crippen molar-refractivity contribution in [1.29, 1.82) is 0 Å². The van der Waals surface area contributed by atoms with Crippen LogP contribution in [0.4, 0.5) is 0 Å². The third kappa shape index (κ3) is 24.9. The molecule has 46 heteroatoms. The molecule has 0 radical (unpaired) electrons. The van der Waals surface area contributed by atoms with Crippen LogP contribution >= 0.6 is 48.8 Å². The van der Waals surface area contributed by atoms with Crippen LogP contribution in [0.5, 0.6) is 0 Å². The van der Waals surface area contributed by atoms with Gasteiger partial charge in [-0.25, -0.2) is 0 Å². The molecule has 17 rings (SSSR count). The number of aliphatic hydroxyl groups is 19. The zero-order valence-corrected chi connectivity index (χ0v) is 62.4. The summed E-state index contributed by atoms with van der Waals surface area (Å²) in [7, 11) is 1.49. The molecule has 42 nitrogen and oxygen atoms in total. The summed E-state index contributed by atoms with van der Waals surface area (Å²) < 4.78 is 92.8. The highest BCUT2D eigenvalue weighted by Gasteiger charge is 2.60. The molecule has 12 bridgehead atoms. The van der Waals surface area contributed by atoms with Crippen molar-refractivity contribution in [3.63, 3.8) is 0 Å². The van der Waals surface area contributed by atoms with Gasteiger partial charge in [0.15, 0.2) is 44.0 Å². The van der Waals surface area contributed by atoms with Crippen molar-refractivity contribution in [3.8, 4) is 0 Å². The molecule has 108 heavy (non-hydrogen) atoms. The number of fused-ring (bicyclic) bond motifs is 1. The Morgan fingerprint density at radius 3 is 1.41 bits per heavy atom. The fourth-order valence-corrected chi connectivity index (χ4v) is 15.0. The van der Waals surface area contributed by atoms with E-state index in [0.717, 1.165) is 23.5 Å². The highest BCUT2D eigenvalue weighted by Crippen LogP contribution is 2.39. The molecule has 17 aliphatic heterocycles. The summed E-state index contributed by atoms with van der Waals surface area (Å²) in [5.41, 5.74) is 0. The number of Topliss-reactive ketones (excluding diaryl/α,β-unsaturated/α-hetero) is 2. The first-order chi connectivity index (χ1) is 51.5. The molecule has 0 aliphatic carbocycles. The van der Waals surface area contributed by atoms with Crippen molar-refractivity contribution in [2.75, 3.05) is 127 Å². The highest BCUT2D eigenvalue weighted by molar-refractivity contribution is 7.99. The quantitative estimate of drug-likeness (QED) is 0.0220. The van der Waals surface area contributed by atoms with Crippen LogP contribution in [0, 0.1) is 5.92 Å². The van der Waals surface area contributed by atoms with Gasteiger partial charge in [0.1, 0.15) is 152 Å². The van der Waals surface area contributed by atoms with E-state index in [4.69, 9.17) is 75.8 Å². The summed E-state index contributed by atoms with van der Waals surface area (Å²) in [6.07, 6.45) is -65.1. The Kier molecular flexibility index (Phi) is 39.5. The molecule has 34 atom stereocenters. The number of carbonyl (C=O) groups excluding carboxylic acids is 4. The number of ether oxygens (including phenoxy) is 16. The molecule has 0 spiro atoms. The standard InChI is InChI=1S/C62H107N3O39S4/c1-25(70)3-8-89-11-12-90-9-4-27(71)15-26(53(86)64-5-13-105)20-107-22-33-50-36(74)41(79)56(97-33)92-19-29(72)35(73)55(91-10-7-66)99-47-30(16-67)94-59(42(80)37(47)75)103-51-34(23-108-21-28(63-2)54(87)65-6-14-106)98-60(44(82)39(51)77)101-49-32(18-69)96-61(45(83)40(49)78)104-62(88)24-93-57(46(84)52(62)85)100-48-31(17-68)95-58(102-50)43(81)38(48)76/h26,28-52,55-61,63,66-69,72-85,88,105-106H,3-24H2,1-2H3,(H,64,86)(H,65,87)/t26-,28-,29+,30?,31?,32?,33?,34?,35?,36-,37-,38-,39-,40-,41?,42?,43?,44?,45?,46?,47-,48-,49-,50-,51-,52-,55-,56+,57-,58-,59-,60-,61-,62-/m1/s1. The number of hydrogen-bond donors (Lipinski definition) is 24. The van der Waals surface area contributed by atoms with E-state index in [-0.39, 0.29) is 93.3 Å². The molecule has 17 fully saturated rings. The van der Waals surface area contributed by atoms with Crippen LogP contribution in [0.25, 0.3) is 0 Å². The second-order valence-corrected chi connectivity index (χ2v) is 29.5. The molecule has 22 N–H and O–H groups in total. The summed E-state index contributed by atoms with van der Waals surface area (Å²) in [6.45, 7) is -4.90. The van der Waals surface area contributed by atoms with Crippen molar-refractivity contribution in [1.82, 2.24) is 16.0 Å². The zero-order chi connectivity index (χ0) is 79.3. The Labute approximate surface area is 639 Å². The molecule has 0 aromatic rings. The van der Waals surface area contributed by atoms with Crippen LogP contribution < -0.4 is 16.0 Å². The maximum Gasteiger partial charge on any atom is 0.238 e. The number of ketones is 2. The lowest BCUT2D eigenvalue weighted by molar-refractivity contribution is -0.432. The third-order valence-corrected chi connectivity index (χ3v) is 21.3. The molecule has 0 saturated carbocycles. The maximum atomic E-state index is 13.6. The van der Waals surface area contributed by atoms with Crippen molar-refractivity contribution in [2.45, 2.75) is 229 Å². The summed E-state index contributed by atoms with van der Waals surface area (Å²) >= 11 is 10.2. The average molecular weight is 1650 g/mol. The van der Waals surface area contributed by atoms with Gasteiger partial charge in [0, 0.05) is 66.9 Å². The number of likely N-dealkylation sites (N-methyl/N-ethyl adjacent to an activating group) is 1. The number of amides is 2. The first-order valence-electron chi connectivity index (χ1n) is 35.0. The third-order valence-electron chi connectivity index (χ3n) is 18.5. The van der Waals surface area contributed by atoms with E-state index in [2.05, 4.69) is 41.2 Å². The lowest BCUT2D eigenvalue weighted by Gasteiger charge is -2.50. The van der Waals surface area contributed by atoms with Gasteiger partial charge in [-0.05, 0) is 14.0 Å². The second kappa shape index (κ2) is 45.7. The van der Waals surface area contributed by atoms with Crippen molar-refractivity contribution in [3.05, 3.63) is 0 Å². The summed E-state index contributed by atoms with van der Waals surface area (Å²) in [6, 6.07) is -0.866. The zero-order valence-electron chi connectivity index (χ0n) is 59.0. The molecule has 17 heterocycles. The van der Waals surface area contributed by atoms with E-state index in [9.17, 15) is 116 Å². The lowest BCUT2D eigenvalue weighted by atomic mass is 9.95. The molecule has 17 aliphatic rings. The van der Waals surface area contributed by atoms with Gasteiger partial charge in [-0.1, -0.05) is 0 Å². The van der Waals surface area contributed by atoms with E-state index in [0.29, 0.717) is 5.75 Å². The monoisotopic (exact) mass is 1650 g/mol. The number of hydrogen-bond acceptors (Lipinski definition) is 44. The van der Waals surface area contributed by atoms with Crippen LogP contribution in [0.15, 0.2) is 0 Å². The Morgan fingerprint density at radius 2 is 0.917 bits per heavy atom. The Hall–Kier alpha value is -1.76. The summed E-state index contributed by atoms with van der Waals surface area (Å²) in [5.74, 6) is -5.95. The average Bonchev–Trinajstić information content (AvgIpc) is 0.769. The smallest absolute Gasteiger partial charge is 0.238 e. The largest absolute Gasteiger partial charge is 0.394 e. The molecular weight excluding hydrogens is 1540 g/mol. The number of nitrogens with one attached hydrogen (secondary N) is 3. The number of thiol groups is 2. The number of aliphatic hydroxyl groups excluding tert-OH is 18. The lowest BCUT2D eigenvalue weighted by Crippen LogP contribution is -2.69. The molecule has 0 aromatic heterocycles. The van der Waals surface area contributed by atoms with E-state index < -0.39 is 272 Å². The Bertz CT molecular complexity index is 2670. The van der Waals surface area contributed by atoms with Crippen molar-refractivity contribution < 1.29 is 192 Å². The minimum absolute atomic E-state index is 0.0176. The molecular formula is C62H107N3O39S4. The van der Waals surface area contributed by atoms with Crippen molar-refractivity contribution in [2.24, 2.45) is 5.92 Å². The van der Waals surface area contributed by atoms with Crippen LogP contribution in [-0.2, 0) is 95.0 Å². The molecule has 12 unspecified atom stereocenters. The first-order valence-corrected chi connectivity index (χ1v) is 38.6. The van der Waals surface area contributed by atoms with E-state index in [1.807, 2.05) is 0 Å². The fourth-order valence-electron chi connectivity index (χ4n) is 12.4. The van der Waals surface area contributed by atoms with Crippen LogP contribution in [-0.4, -0.2) is 450 Å². The highest BCUT2D eigenvalue weighted by atomic mass is 32.2. The fraction of sp³-hybridized carbons (Fsp3) is 0.935. The SMILES string of the molecule is CN[C@H](CSCC1O[C@@H]2O[C@@H]3C(CO)O[C@H](O[C@]4(O)CO[C@H](O[C@@H]5C(CO)O[C@H](O[C@@H]6C(CSC[C@@H](CC(=O)CCOCCOCCC(C)=O)C(=O)NCCS)O[C@H](OC[C@H](O)C(O)[C@H](OCCO)O[C@@H]7C(CO)O[C@H](O[C@H]1[C@H](O)C2O)C(O)[C@H]7O)C(O)[C@H]6O)C(O)[C@H]5O)C(O)[C@H]4O)C(O)[C@H]3O)C(=O)NCCS. The van der Waals surface area contributed by atoms with E-state index in [1.54, 1.807) is 0 Å². The van der Waals surface area contributed by atoms with Gasteiger partial charge in [-0.3, -0.25) is 19.2 Å². The minimum atomic E-state index is -3.12. The predicted octanol–water partition coefficient (Wildman–Crippen LogP) is -12.9. The van der Waals surface area contributed by atoms with Gasteiger partial charge in [0.25, 0.3) is 0 Å². The Morgan fingerprint density at radius 1 is 0.491 bits per heavy atom. The predicted molar refractivity (Wildman–Crippen MR) is 367 cm³/mol. The van der Waals surface area contributed by atoms with Gasteiger partial charge >= 0.3 is 0 Å². The van der Waals surface area contributed by atoms with Gasteiger partial charge in [-0.15, -0.1) is 0 Å². The molecule has 2 amide bonds. The van der Waals surface area contributed by atoms with Crippen LogP contribution in [0.1, 0.15) is 26.2 Å². The molecule has 17 saturated heterocycles. The van der Waals surface area contributed by atoms with Gasteiger partial charge in [0.05, 0.1) is 90.2 Å². The van der Waals surface area contributed by atoms with E-state index >= 15 is 0 Å². The first kappa shape index (κ1) is 93.4. The second-order valence-electron chi connectivity index (χ2n) is 26.4. The molecule has 0 aromatic carbocycles. The van der Waals surface area contributed by atoms with E-state index in [1.165, 1.54) is 14.0 Å². The number of thioether (sulfide) groups is 2. The number of rotatable bonds is 32. The Balaban J connectivity index is 1.19. The van der Waals surface area contributed by atoms with Gasteiger partial charge in [-0.2, -0.15) is 48.8 Å².